The molecule has 0 saturated carbocycles. The van der Waals surface area contributed by atoms with E-state index >= 15 is 0 Å². The number of carboxylic acid groups (broad SMARTS) is 1. The van der Waals surface area contributed by atoms with Gasteiger partial charge in [0.2, 0.25) is 0 Å². The highest BCUT2D eigenvalue weighted by molar-refractivity contribution is 5.96. The Kier molecular flexibility index (Phi) is 4.98. The van der Waals surface area contributed by atoms with E-state index in [1.54, 1.807) is 6.08 Å². The van der Waals surface area contributed by atoms with Crippen molar-refractivity contribution in [2.75, 3.05) is 0 Å². The van der Waals surface area contributed by atoms with Gasteiger partial charge in [0.15, 0.2) is 0 Å². The maximum Gasteiger partial charge on any atom is 0.326 e. The fourth-order valence-electron chi connectivity index (χ4n) is 1.32. The molecule has 0 radical (unpaired) electrons. The number of nitrogens with zero attached hydrogens (tertiary/aromatic N) is 1. The van der Waals surface area contributed by atoms with Gasteiger partial charge in [0.05, 0.1) is 11.8 Å². The number of pyridine rings is 1. The molecule has 1 heterocycles. The molecular formula is C12H13FN2O3. The Morgan fingerprint density at radius 1 is 1.56 bits per heavy atom. The molecule has 0 bridgehead atoms. The Balaban J connectivity index is 2.72. The molecule has 18 heavy (non-hydrogen) atoms. The van der Waals surface area contributed by atoms with Gasteiger partial charge in [-0.3, -0.25) is 9.78 Å². The zero-order valence-corrected chi connectivity index (χ0v) is 9.60. The van der Waals surface area contributed by atoms with Crippen LogP contribution in [-0.2, 0) is 4.79 Å². The summed E-state index contributed by atoms with van der Waals surface area (Å²) in [6.45, 7) is 3.48. The maximum atomic E-state index is 12.9. The molecule has 0 aliphatic carbocycles. The minimum absolute atomic E-state index is 0.0140. The summed E-state index contributed by atoms with van der Waals surface area (Å²) in [6.07, 6.45) is 4.38. The molecular weight excluding hydrogens is 239 g/mol. The summed E-state index contributed by atoms with van der Waals surface area (Å²) in [4.78, 5) is 26.1. The van der Waals surface area contributed by atoms with Crippen molar-refractivity contribution in [2.24, 2.45) is 0 Å². The number of aromatic nitrogens is 1. The second kappa shape index (κ2) is 6.48. The van der Waals surface area contributed by atoms with E-state index in [4.69, 9.17) is 5.11 Å². The highest BCUT2D eigenvalue weighted by Crippen LogP contribution is 2.04. The molecule has 1 unspecified atom stereocenters. The third-order valence-corrected chi connectivity index (χ3v) is 2.23. The molecule has 1 atom stereocenters. The van der Waals surface area contributed by atoms with E-state index < -0.39 is 23.7 Å². The molecule has 5 nitrogen and oxygen atoms in total. The van der Waals surface area contributed by atoms with Crippen molar-refractivity contribution in [1.82, 2.24) is 10.3 Å². The van der Waals surface area contributed by atoms with Crippen LogP contribution in [0.25, 0.3) is 0 Å². The van der Waals surface area contributed by atoms with Crippen LogP contribution in [0.3, 0.4) is 0 Å². The zero-order chi connectivity index (χ0) is 13.5. The number of aliphatic carboxylic acids is 1. The number of nitrogens with one attached hydrogen (secondary N) is 1. The van der Waals surface area contributed by atoms with Crippen LogP contribution in [0.1, 0.15) is 23.2 Å². The highest BCUT2D eigenvalue weighted by atomic mass is 19.1. The van der Waals surface area contributed by atoms with Crippen molar-refractivity contribution in [3.05, 3.63) is 42.5 Å². The quantitative estimate of drug-likeness (QED) is 0.749. The molecule has 0 saturated heterocycles. The molecule has 0 aromatic carbocycles. The standard InChI is InChI=1S/C12H13FN2O3/c1-2-3-4-10(12(17)18)15-11(16)8-5-9(13)7-14-6-8/h2,5-7,10H,1,3-4H2,(H,15,16)(H,17,18). The van der Waals surface area contributed by atoms with Crippen molar-refractivity contribution in [3.8, 4) is 0 Å². The second-order valence-electron chi connectivity index (χ2n) is 3.62. The van der Waals surface area contributed by atoms with Crippen molar-refractivity contribution >= 4 is 11.9 Å². The van der Waals surface area contributed by atoms with E-state index in [0.717, 1.165) is 12.3 Å². The fourth-order valence-corrected chi connectivity index (χ4v) is 1.32. The lowest BCUT2D eigenvalue weighted by Crippen LogP contribution is -2.40. The fraction of sp³-hybridized carbons (Fsp3) is 0.250. The van der Waals surface area contributed by atoms with Gasteiger partial charge >= 0.3 is 5.97 Å². The Labute approximate surface area is 103 Å². The van der Waals surface area contributed by atoms with Gasteiger partial charge in [-0.25, -0.2) is 9.18 Å². The monoisotopic (exact) mass is 252 g/mol. The van der Waals surface area contributed by atoms with Gasteiger partial charge in [0.25, 0.3) is 5.91 Å². The lowest BCUT2D eigenvalue weighted by Gasteiger charge is -2.13. The molecule has 2 N–H and O–H groups in total. The number of carboxylic acids is 1. The minimum Gasteiger partial charge on any atom is -0.480 e. The van der Waals surface area contributed by atoms with Gasteiger partial charge in [0, 0.05) is 6.20 Å². The zero-order valence-electron chi connectivity index (χ0n) is 9.60. The van der Waals surface area contributed by atoms with Crippen LogP contribution >= 0.6 is 0 Å². The van der Waals surface area contributed by atoms with Gasteiger partial charge in [-0.2, -0.15) is 0 Å². The number of hydrogen-bond acceptors (Lipinski definition) is 3. The van der Waals surface area contributed by atoms with Crippen LogP contribution in [-0.4, -0.2) is 28.0 Å². The Hall–Kier alpha value is -2.24. The third-order valence-electron chi connectivity index (χ3n) is 2.23. The molecule has 6 heteroatoms. The summed E-state index contributed by atoms with van der Waals surface area (Å²) in [5.74, 6) is -2.46. The minimum atomic E-state index is -1.14. The normalized spacial score (nSPS) is 11.6. The van der Waals surface area contributed by atoms with E-state index in [1.807, 2.05) is 0 Å². The first-order chi connectivity index (χ1) is 8.54. The Morgan fingerprint density at radius 3 is 2.83 bits per heavy atom. The maximum absolute atomic E-state index is 12.9. The molecule has 96 valence electrons. The van der Waals surface area contributed by atoms with Crippen molar-refractivity contribution in [1.29, 1.82) is 0 Å². The lowest BCUT2D eigenvalue weighted by atomic mass is 10.1. The second-order valence-corrected chi connectivity index (χ2v) is 3.62. The Morgan fingerprint density at radius 2 is 2.28 bits per heavy atom. The van der Waals surface area contributed by atoms with Crippen LogP contribution < -0.4 is 5.32 Å². The number of rotatable bonds is 6. The van der Waals surface area contributed by atoms with Crippen molar-refractivity contribution in [3.63, 3.8) is 0 Å². The van der Waals surface area contributed by atoms with Gasteiger partial charge < -0.3 is 10.4 Å². The topological polar surface area (TPSA) is 79.3 Å². The lowest BCUT2D eigenvalue weighted by molar-refractivity contribution is -0.139. The summed E-state index contributed by atoms with van der Waals surface area (Å²) in [7, 11) is 0. The number of allylic oxidation sites excluding steroid dienone is 1. The molecule has 0 aliphatic rings. The van der Waals surface area contributed by atoms with Gasteiger partial charge in [0.1, 0.15) is 11.9 Å². The summed E-state index contributed by atoms with van der Waals surface area (Å²) in [5, 5.41) is 11.2. The third kappa shape index (κ3) is 3.97. The van der Waals surface area contributed by atoms with Gasteiger partial charge in [-0.1, -0.05) is 6.08 Å². The molecule has 1 aromatic heterocycles. The molecule has 1 amide bonds. The van der Waals surface area contributed by atoms with E-state index in [0.29, 0.717) is 6.42 Å². The summed E-state index contributed by atoms with van der Waals surface area (Å²) in [5.41, 5.74) is -0.0140. The average molecular weight is 252 g/mol. The predicted octanol–water partition coefficient (Wildman–Crippen LogP) is 1.37. The Bertz CT molecular complexity index is 462. The van der Waals surface area contributed by atoms with E-state index in [2.05, 4.69) is 16.9 Å². The van der Waals surface area contributed by atoms with E-state index in [9.17, 15) is 14.0 Å². The first-order valence-corrected chi connectivity index (χ1v) is 5.29. The summed E-state index contributed by atoms with van der Waals surface area (Å²) < 4.78 is 12.9. The summed E-state index contributed by atoms with van der Waals surface area (Å²) in [6, 6.07) is -0.0341. The van der Waals surface area contributed by atoms with Crippen molar-refractivity contribution in [2.45, 2.75) is 18.9 Å². The SMILES string of the molecule is C=CCCC(NC(=O)c1cncc(F)c1)C(=O)O. The first-order valence-electron chi connectivity index (χ1n) is 5.29. The smallest absolute Gasteiger partial charge is 0.326 e. The number of amides is 1. The highest BCUT2D eigenvalue weighted by Gasteiger charge is 2.20. The molecule has 1 aromatic rings. The number of hydrogen-bond donors (Lipinski definition) is 2. The average Bonchev–Trinajstić information content (AvgIpc) is 2.33. The van der Waals surface area contributed by atoms with Gasteiger partial charge in [-0.05, 0) is 18.9 Å². The van der Waals surface area contributed by atoms with Crippen molar-refractivity contribution < 1.29 is 19.1 Å². The number of carbonyl (C=O) groups is 2. The molecule has 0 fully saturated rings. The van der Waals surface area contributed by atoms with E-state index in [-0.39, 0.29) is 12.0 Å². The van der Waals surface area contributed by atoms with Crippen LogP contribution in [0.2, 0.25) is 0 Å². The largest absolute Gasteiger partial charge is 0.480 e. The predicted molar refractivity (Wildman–Crippen MR) is 62.5 cm³/mol. The van der Waals surface area contributed by atoms with Crippen LogP contribution in [0.15, 0.2) is 31.1 Å². The van der Waals surface area contributed by atoms with Gasteiger partial charge in [-0.15, -0.1) is 6.58 Å². The number of halogens is 1. The first kappa shape index (κ1) is 13.8. The molecule has 0 spiro atoms. The van der Waals surface area contributed by atoms with Crippen LogP contribution in [0.5, 0.6) is 0 Å². The summed E-state index contributed by atoms with van der Waals surface area (Å²) >= 11 is 0. The van der Waals surface area contributed by atoms with E-state index in [1.165, 1.54) is 6.20 Å². The number of carbonyl (C=O) groups excluding carboxylic acids is 1. The van der Waals surface area contributed by atoms with Crippen LogP contribution in [0.4, 0.5) is 4.39 Å². The molecule has 0 aliphatic heterocycles. The van der Waals surface area contributed by atoms with Crippen LogP contribution in [0, 0.1) is 5.82 Å². The molecule has 1 rings (SSSR count).